The molecule has 320 valence electrons. The fourth-order valence-electron chi connectivity index (χ4n) is 8.60. The molecule has 7 rings (SSSR count). The van der Waals surface area contributed by atoms with Gasteiger partial charge in [0.25, 0.3) is 0 Å². The van der Waals surface area contributed by atoms with Crippen molar-refractivity contribution in [3.63, 3.8) is 0 Å². The van der Waals surface area contributed by atoms with E-state index >= 15 is 8.78 Å². The number of aliphatic hydroxyl groups is 1. The van der Waals surface area contributed by atoms with Crippen molar-refractivity contribution in [1.29, 1.82) is 0 Å². The number of imide groups is 1. The average molecular weight is 849 g/mol. The van der Waals surface area contributed by atoms with Gasteiger partial charge >= 0.3 is 6.18 Å². The van der Waals surface area contributed by atoms with Crippen LogP contribution in [-0.2, 0) is 25.8 Å². The highest BCUT2D eigenvalue weighted by Crippen LogP contribution is 2.38. The van der Waals surface area contributed by atoms with E-state index in [9.17, 15) is 36.3 Å². The predicted molar refractivity (Wildman–Crippen MR) is 210 cm³/mol. The second kappa shape index (κ2) is 16.9. The van der Waals surface area contributed by atoms with Gasteiger partial charge in [-0.3, -0.25) is 14.9 Å². The molecule has 3 aromatic rings. The van der Waals surface area contributed by atoms with Crippen LogP contribution in [-0.4, -0.2) is 104 Å². The minimum absolute atomic E-state index is 0.0401. The number of hydrogen-bond acceptors (Lipinski definition) is 11. The van der Waals surface area contributed by atoms with Crippen molar-refractivity contribution in [2.45, 2.75) is 93.6 Å². The van der Waals surface area contributed by atoms with Gasteiger partial charge in [0.15, 0.2) is 0 Å². The second-order valence-electron chi connectivity index (χ2n) is 16.5. The number of aryl methyl sites for hydroxylation is 1. The van der Waals surface area contributed by atoms with E-state index in [4.69, 9.17) is 0 Å². The van der Waals surface area contributed by atoms with E-state index < -0.39 is 57.2 Å². The molecule has 2 amide bonds. The molecule has 4 aliphatic heterocycles. The summed E-state index contributed by atoms with van der Waals surface area (Å²) in [6.45, 7) is 5.77. The zero-order chi connectivity index (χ0) is 42.3. The minimum Gasteiger partial charge on any atom is -0.388 e. The zero-order valence-corrected chi connectivity index (χ0v) is 33.7. The van der Waals surface area contributed by atoms with Crippen molar-refractivity contribution < 1.29 is 45.1 Å². The second-order valence-corrected chi connectivity index (χ2v) is 18.2. The van der Waals surface area contributed by atoms with E-state index in [0.29, 0.717) is 74.1 Å². The van der Waals surface area contributed by atoms with Crippen LogP contribution in [0.5, 0.6) is 0 Å². The summed E-state index contributed by atoms with van der Waals surface area (Å²) in [7, 11) is -4.15. The standard InChI is InChI=1S/C40H49F5N8O5S/c1-24-18-27(5-7-32(24)47-38-46-20-29(40(43,44)45)36(49-38)53-14-3-13-39(2,56)23-53)59(57,58)50-33-12-15-51(22-31(33)42)21-25-10-16-52(17-11-25)34-8-4-26(19-30(34)41)28-6-9-35(54)48-37(28)55/h4-5,7-8,18-20,25,28,31,33,50,56H,3,6,9-17,21-23H2,1-2H3,(H,46,47,49)(H,48,54,55)/t28-,31+,33-,39+/m1/s1. The van der Waals surface area contributed by atoms with Gasteiger partial charge in [-0.15, -0.1) is 0 Å². The first-order valence-electron chi connectivity index (χ1n) is 19.9. The van der Waals surface area contributed by atoms with Crippen molar-refractivity contribution in [3.05, 3.63) is 65.1 Å². The largest absolute Gasteiger partial charge is 0.421 e. The van der Waals surface area contributed by atoms with Crippen LogP contribution in [0.3, 0.4) is 0 Å². The number of hydrogen-bond donors (Lipinski definition) is 4. The van der Waals surface area contributed by atoms with E-state index in [-0.39, 0.29) is 61.0 Å². The topological polar surface area (TPSA) is 160 Å². The van der Waals surface area contributed by atoms with Gasteiger partial charge < -0.3 is 25.1 Å². The van der Waals surface area contributed by atoms with Gasteiger partial charge in [-0.1, -0.05) is 6.07 Å². The molecule has 2 aromatic carbocycles. The Balaban J connectivity index is 0.910. The molecule has 4 atom stereocenters. The van der Waals surface area contributed by atoms with E-state index in [1.54, 1.807) is 26.0 Å². The Morgan fingerprint density at radius 1 is 1.02 bits per heavy atom. The molecule has 4 fully saturated rings. The van der Waals surface area contributed by atoms with Crippen LogP contribution < -0.4 is 25.2 Å². The molecular formula is C40H49F5N8O5S. The molecule has 59 heavy (non-hydrogen) atoms. The third-order valence-corrected chi connectivity index (χ3v) is 13.3. The molecule has 4 saturated heterocycles. The molecule has 0 aliphatic carbocycles. The van der Waals surface area contributed by atoms with E-state index in [1.165, 1.54) is 29.2 Å². The summed E-state index contributed by atoms with van der Waals surface area (Å²) in [6.07, 6.45) is -2.27. The number of anilines is 4. The summed E-state index contributed by atoms with van der Waals surface area (Å²) >= 11 is 0. The van der Waals surface area contributed by atoms with Crippen LogP contribution in [0, 0.1) is 18.7 Å². The molecule has 0 spiro atoms. The number of rotatable bonds is 10. The van der Waals surface area contributed by atoms with Gasteiger partial charge in [-0.05, 0) is 106 Å². The van der Waals surface area contributed by atoms with Crippen LogP contribution in [0.4, 0.5) is 45.1 Å². The summed E-state index contributed by atoms with van der Waals surface area (Å²) < 4.78 is 102. The number of alkyl halides is 4. The highest BCUT2D eigenvalue weighted by Gasteiger charge is 2.40. The lowest BCUT2D eigenvalue weighted by molar-refractivity contribution is -0.138. The van der Waals surface area contributed by atoms with Crippen molar-refractivity contribution in [2.75, 3.05) is 60.9 Å². The van der Waals surface area contributed by atoms with Gasteiger partial charge in [-0.25, -0.2) is 26.9 Å². The summed E-state index contributed by atoms with van der Waals surface area (Å²) in [5.41, 5.74) is -0.445. The third kappa shape index (κ3) is 9.95. The summed E-state index contributed by atoms with van der Waals surface area (Å²) in [4.78, 5) is 37.0. The maximum Gasteiger partial charge on any atom is 0.421 e. The van der Waals surface area contributed by atoms with Crippen LogP contribution >= 0.6 is 0 Å². The number of likely N-dealkylation sites (tertiary alicyclic amines) is 1. The van der Waals surface area contributed by atoms with Crippen LogP contribution in [0.25, 0.3) is 0 Å². The molecule has 19 heteroatoms. The van der Waals surface area contributed by atoms with Gasteiger partial charge in [-0.2, -0.15) is 18.2 Å². The normalized spacial score (nSPS) is 25.3. The number of nitrogens with zero attached hydrogens (tertiary/aromatic N) is 5. The Morgan fingerprint density at radius 3 is 2.44 bits per heavy atom. The quantitative estimate of drug-likeness (QED) is 0.158. The van der Waals surface area contributed by atoms with Gasteiger partial charge in [0, 0.05) is 57.6 Å². The Bertz CT molecular complexity index is 2170. The van der Waals surface area contributed by atoms with Crippen molar-refractivity contribution in [1.82, 2.24) is 24.9 Å². The van der Waals surface area contributed by atoms with E-state index in [2.05, 4.69) is 25.3 Å². The van der Waals surface area contributed by atoms with E-state index in [0.717, 1.165) is 12.8 Å². The van der Waals surface area contributed by atoms with Crippen LogP contribution in [0.2, 0.25) is 0 Å². The molecule has 0 radical (unpaired) electrons. The molecule has 4 N–H and O–H groups in total. The molecule has 0 bridgehead atoms. The smallest absolute Gasteiger partial charge is 0.388 e. The van der Waals surface area contributed by atoms with E-state index in [1.807, 2.05) is 9.80 Å². The van der Waals surface area contributed by atoms with Gasteiger partial charge in [0.05, 0.1) is 28.1 Å². The lowest BCUT2D eigenvalue weighted by atomic mass is 9.90. The van der Waals surface area contributed by atoms with Crippen molar-refractivity contribution in [2.24, 2.45) is 5.92 Å². The molecule has 0 saturated carbocycles. The molecule has 1 aromatic heterocycles. The predicted octanol–water partition coefficient (Wildman–Crippen LogP) is 5.17. The van der Waals surface area contributed by atoms with Crippen LogP contribution in [0.15, 0.2) is 47.5 Å². The number of halogens is 5. The minimum atomic E-state index is -4.73. The number of amides is 2. The molecule has 0 unspecified atom stereocenters. The zero-order valence-electron chi connectivity index (χ0n) is 32.9. The lowest BCUT2D eigenvalue weighted by Gasteiger charge is -2.39. The Labute approximate surface area is 339 Å². The molecule has 4 aliphatic rings. The van der Waals surface area contributed by atoms with Crippen molar-refractivity contribution >= 4 is 45.0 Å². The maximum absolute atomic E-state index is 15.6. The van der Waals surface area contributed by atoms with Gasteiger partial charge in [0.2, 0.25) is 27.8 Å². The molecule has 5 heterocycles. The Kier molecular flexibility index (Phi) is 12.2. The summed E-state index contributed by atoms with van der Waals surface area (Å²) in [6, 6.07) is 7.98. The maximum atomic E-state index is 15.6. The highest BCUT2D eigenvalue weighted by molar-refractivity contribution is 7.89. The first-order valence-corrected chi connectivity index (χ1v) is 21.4. The van der Waals surface area contributed by atoms with Gasteiger partial charge in [0.1, 0.15) is 23.4 Å². The summed E-state index contributed by atoms with van der Waals surface area (Å²) in [5, 5.41) is 15.7. The number of carbonyl (C=O) groups excluding carboxylic acids is 2. The fourth-order valence-corrected chi connectivity index (χ4v) is 9.98. The highest BCUT2D eigenvalue weighted by atomic mass is 32.2. The average Bonchev–Trinajstić information content (AvgIpc) is 3.16. The Morgan fingerprint density at radius 2 is 1.78 bits per heavy atom. The summed E-state index contributed by atoms with van der Waals surface area (Å²) in [5.74, 6) is -1.99. The lowest BCUT2D eigenvalue weighted by Crippen LogP contribution is -2.53. The molecular weight excluding hydrogens is 800 g/mol. The number of carbonyl (C=O) groups is 2. The monoisotopic (exact) mass is 848 g/mol. The Hall–Kier alpha value is -4.46. The SMILES string of the molecule is Cc1cc(S(=O)(=O)N[C@@H]2CCN(CC3CCN(c4ccc([C@H]5CCC(=O)NC5=O)cc4F)CC3)C[C@@H]2F)ccc1Nc1ncc(C(F)(F)F)c(N2CCC[C@](C)(O)C2)n1. The first kappa shape index (κ1) is 42.7. The number of sulfonamides is 1. The third-order valence-electron chi connectivity index (χ3n) is 11.8. The van der Waals surface area contributed by atoms with Crippen LogP contribution in [0.1, 0.15) is 74.5 Å². The number of β-amino-alcohol motifs (C(OH)–C–C–N with tert-alkyl or cyclic N) is 1. The number of piperidine rings is 4. The first-order chi connectivity index (χ1) is 27.8. The fraction of sp³-hybridized carbons (Fsp3) is 0.550. The molecule has 13 nitrogen and oxygen atoms in total. The van der Waals surface area contributed by atoms with Crippen molar-refractivity contribution in [3.8, 4) is 0 Å². The number of nitrogens with one attached hydrogen (secondary N) is 3. The number of benzene rings is 2. The number of aromatic nitrogens is 2.